The SMILES string of the molecule is CCOc1ccc([C@H](C)NC(=O)CSCc2c(Cl)cccc2Cl)cc1. The van der Waals surface area contributed by atoms with Crippen molar-refractivity contribution in [1.82, 2.24) is 5.32 Å². The second kappa shape index (κ2) is 9.95. The Morgan fingerprint density at radius 3 is 2.40 bits per heavy atom. The van der Waals surface area contributed by atoms with E-state index >= 15 is 0 Å². The molecule has 25 heavy (non-hydrogen) atoms. The van der Waals surface area contributed by atoms with E-state index in [0.717, 1.165) is 16.9 Å². The quantitative estimate of drug-likeness (QED) is 0.638. The van der Waals surface area contributed by atoms with Crippen molar-refractivity contribution in [2.75, 3.05) is 12.4 Å². The molecule has 2 aromatic rings. The molecule has 0 radical (unpaired) electrons. The number of hydrogen-bond acceptors (Lipinski definition) is 3. The third kappa shape index (κ3) is 6.14. The van der Waals surface area contributed by atoms with Crippen LogP contribution in [0.4, 0.5) is 0 Å². The van der Waals surface area contributed by atoms with E-state index in [-0.39, 0.29) is 11.9 Å². The van der Waals surface area contributed by atoms with E-state index in [9.17, 15) is 4.79 Å². The predicted octanol–water partition coefficient (Wildman–Crippen LogP) is 5.50. The summed E-state index contributed by atoms with van der Waals surface area (Å²) in [5.41, 5.74) is 1.90. The lowest BCUT2D eigenvalue weighted by molar-refractivity contribution is -0.119. The largest absolute Gasteiger partial charge is 0.494 e. The Bertz CT molecular complexity index is 687. The molecule has 1 amide bonds. The van der Waals surface area contributed by atoms with Gasteiger partial charge in [0.1, 0.15) is 5.75 Å². The highest BCUT2D eigenvalue weighted by Gasteiger charge is 2.11. The average Bonchev–Trinajstić information content (AvgIpc) is 2.58. The maximum atomic E-state index is 12.1. The zero-order chi connectivity index (χ0) is 18.2. The van der Waals surface area contributed by atoms with Gasteiger partial charge in [-0.05, 0) is 49.2 Å². The van der Waals surface area contributed by atoms with Gasteiger partial charge in [-0.1, -0.05) is 41.4 Å². The van der Waals surface area contributed by atoms with Gasteiger partial charge in [-0.25, -0.2) is 0 Å². The smallest absolute Gasteiger partial charge is 0.230 e. The molecule has 0 fully saturated rings. The van der Waals surface area contributed by atoms with Crippen LogP contribution < -0.4 is 10.1 Å². The Labute approximate surface area is 163 Å². The number of ether oxygens (including phenoxy) is 1. The molecule has 2 aromatic carbocycles. The lowest BCUT2D eigenvalue weighted by atomic mass is 10.1. The summed E-state index contributed by atoms with van der Waals surface area (Å²) in [5.74, 6) is 1.76. The molecule has 0 saturated heterocycles. The Hall–Kier alpha value is -1.36. The lowest BCUT2D eigenvalue weighted by Gasteiger charge is -2.15. The zero-order valence-electron chi connectivity index (χ0n) is 14.2. The maximum absolute atomic E-state index is 12.1. The second-order valence-electron chi connectivity index (χ2n) is 5.48. The average molecular weight is 398 g/mol. The van der Waals surface area contributed by atoms with E-state index in [1.54, 1.807) is 12.1 Å². The highest BCUT2D eigenvalue weighted by molar-refractivity contribution is 7.99. The monoisotopic (exact) mass is 397 g/mol. The van der Waals surface area contributed by atoms with Gasteiger partial charge < -0.3 is 10.1 Å². The number of thioether (sulfide) groups is 1. The molecule has 2 rings (SSSR count). The first-order valence-corrected chi connectivity index (χ1v) is 9.95. The second-order valence-corrected chi connectivity index (χ2v) is 7.28. The van der Waals surface area contributed by atoms with Gasteiger partial charge in [-0.2, -0.15) is 0 Å². The molecule has 0 aromatic heterocycles. The van der Waals surface area contributed by atoms with Crippen LogP contribution in [0.1, 0.15) is 31.0 Å². The van der Waals surface area contributed by atoms with Gasteiger partial charge in [0.2, 0.25) is 5.91 Å². The summed E-state index contributed by atoms with van der Waals surface area (Å²) in [5, 5.41) is 4.25. The van der Waals surface area contributed by atoms with Crippen LogP contribution >= 0.6 is 35.0 Å². The molecule has 1 atom stereocenters. The first kappa shape index (κ1) is 20.0. The van der Waals surface area contributed by atoms with Crippen LogP contribution in [-0.4, -0.2) is 18.3 Å². The van der Waals surface area contributed by atoms with Crippen LogP contribution in [0.3, 0.4) is 0 Å². The summed E-state index contributed by atoms with van der Waals surface area (Å²) in [6.07, 6.45) is 0. The summed E-state index contributed by atoms with van der Waals surface area (Å²) in [4.78, 5) is 12.1. The number of halogens is 2. The molecule has 0 aliphatic carbocycles. The fourth-order valence-electron chi connectivity index (χ4n) is 2.30. The van der Waals surface area contributed by atoms with Crippen molar-refractivity contribution >= 4 is 40.9 Å². The van der Waals surface area contributed by atoms with E-state index in [2.05, 4.69) is 5.32 Å². The molecule has 6 heteroatoms. The van der Waals surface area contributed by atoms with Gasteiger partial charge >= 0.3 is 0 Å². The van der Waals surface area contributed by atoms with E-state index in [0.29, 0.717) is 28.2 Å². The molecule has 0 spiro atoms. The summed E-state index contributed by atoms with van der Waals surface area (Å²) in [7, 11) is 0. The molecule has 0 unspecified atom stereocenters. The van der Waals surface area contributed by atoms with Gasteiger partial charge in [0.25, 0.3) is 0 Å². The molecule has 0 saturated carbocycles. The standard InChI is InChI=1S/C19H21Cl2NO2S/c1-3-24-15-9-7-14(8-10-15)13(2)22-19(23)12-25-11-16-17(20)5-4-6-18(16)21/h4-10,13H,3,11-12H2,1-2H3,(H,22,23)/t13-/m0/s1. The molecule has 0 aliphatic rings. The Kier molecular flexibility index (Phi) is 7.94. The van der Waals surface area contributed by atoms with Crippen molar-refractivity contribution in [3.05, 3.63) is 63.6 Å². The number of hydrogen-bond donors (Lipinski definition) is 1. The van der Waals surface area contributed by atoms with Crippen molar-refractivity contribution in [2.24, 2.45) is 0 Å². The zero-order valence-corrected chi connectivity index (χ0v) is 16.5. The normalized spacial score (nSPS) is 11.8. The van der Waals surface area contributed by atoms with Crippen molar-refractivity contribution in [3.63, 3.8) is 0 Å². The molecule has 0 heterocycles. The first-order valence-electron chi connectivity index (χ1n) is 8.04. The minimum Gasteiger partial charge on any atom is -0.494 e. The van der Waals surface area contributed by atoms with Gasteiger partial charge in [0.15, 0.2) is 0 Å². The summed E-state index contributed by atoms with van der Waals surface area (Å²) in [6, 6.07) is 13.1. The molecule has 134 valence electrons. The number of carbonyl (C=O) groups is 1. The Morgan fingerprint density at radius 1 is 1.16 bits per heavy atom. The highest BCUT2D eigenvalue weighted by atomic mass is 35.5. The van der Waals surface area contributed by atoms with Crippen LogP contribution in [0, 0.1) is 0 Å². The molecule has 0 aliphatic heterocycles. The summed E-state index contributed by atoms with van der Waals surface area (Å²) >= 11 is 13.8. The molecule has 1 N–H and O–H groups in total. The predicted molar refractivity (Wildman–Crippen MR) is 107 cm³/mol. The van der Waals surface area contributed by atoms with Gasteiger partial charge in [0.05, 0.1) is 18.4 Å². The van der Waals surface area contributed by atoms with Gasteiger partial charge in [-0.15, -0.1) is 11.8 Å². The fourth-order valence-corrected chi connectivity index (χ4v) is 3.88. The summed E-state index contributed by atoms with van der Waals surface area (Å²) < 4.78 is 5.42. The molecular weight excluding hydrogens is 377 g/mol. The molecule has 3 nitrogen and oxygen atoms in total. The van der Waals surface area contributed by atoms with Gasteiger partial charge in [0, 0.05) is 15.8 Å². The van der Waals surface area contributed by atoms with E-state index in [1.165, 1.54) is 11.8 Å². The Morgan fingerprint density at radius 2 is 1.80 bits per heavy atom. The maximum Gasteiger partial charge on any atom is 0.230 e. The van der Waals surface area contributed by atoms with Crippen molar-refractivity contribution in [2.45, 2.75) is 25.6 Å². The van der Waals surface area contributed by atoms with E-state index < -0.39 is 0 Å². The van der Waals surface area contributed by atoms with Crippen LogP contribution in [-0.2, 0) is 10.5 Å². The van der Waals surface area contributed by atoms with Gasteiger partial charge in [-0.3, -0.25) is 4.79 Å². The van der Waals surface area contributed by atoms with Crippen molar-refractivity contribution in [1.29, 1.82) is 0 Å². The topological polar surface area (TPSA) is 38.3 Å². The van der Waals surface area contributed by atoms with E-state index in [1.807, 2.05) is 44.2 Å². The van der Waals surface area contributed by atoms with Crippen LogP contribution in [0.2, 0.25) is 10.0 Å². The highest BCUT2D eigenvalue weighted by Crippen LogP contribution is 2.28. The minimum absolute atomic E-state index is 0.0189. The van der Waals surface area contributed by atoms with Crippen LogP contribution in [0.25, 0.3) is 0 Å². The van der Waals surface area contributed by atoms with Crippen LogP contribution in [0.5, 0.6) is 5.75 Å². The minimum atomic E-state index is -0.0623. The number of benzene rings is 2. The number of rotatable bonds is 8. The van der Waals surface area contributed by atoms with Crippen molar-refractivity contribution in [3.8, 4) is 5.75 Å². The first-order chi connectivity index (χ1) is 12.0. The lowest BCUT2D eigenvalue weighted by Crippen LogP contribution is -2.28. The molecular formula is C19H21Cl2NO2S. The number of nitrogens with one attached hydrogen (secondary N) is 1. The number of carbonyl (C=O) groups excluding carboxylic acids is 1. The van der Waals surface area contributed by atoms with Crippen LogP contribution in [0.15, 0.2) is 42.5 Å². The number of amides is 1. The third-order valence-electron chi connectivity index (χ3n) is 3.61. The Balaban J connectivity index is 1.81. The van der Waals surface area contributed by atoms with Crippen molar-refractivity contribution < 1.29 is 9.53 Å². The third-order valence-corrected chi connectivity index (χ3v) is 5.28. The van der Waals surface area contributed by atoms with E-state index in [4.69, 9.17) is 27.9 Å². The summed E-state index contributed by atoms with van der Waals surface area (Å²) in [6.45, 7) is 4.55. The molecule has 0 bridgehead atoms. The fraction of sp³-hybridized carbons (Fsp3) is 0.316.